The van der Waals surface area contributed by atoms with Crippen LogP contribution in [0.3, 0.4) is 0 Å². The highest BCUT2D eigenvalue weighted by Gasteiger charge is 2.31. The van der Waals surface area contributed by atoms with Crippen molar-refractivity contribution in [3.8, 4) is 11.5 Å². The molecule has 0 aliphatic carbocycles. The van der Waals surface area contributed by atoms with Crippen LogP contribution in [0.4, 0.5) is 0 Å². The molecule has 0 bridgehead atoms. The van der Waals surface area contributed by atoms with Crippen LogP contribution in [-0.4, -0.2) is 6.61 Å². The van der Waals surface area contributed by atoms with E-state index in [9.17, 15) is 4.57 Å². The van der Waals surface area contributed by atoms with Gasteiger partial charge in [0.2, 0.25) is 0 Å². The maximum Gasteiger partial charge on any atom is 0.587 e. The van der Waals surface area contributed by atoms with E-state index in [1.54, 1.807) is 24.3 Å². The molecule has 25 heavy (non-hydrogen) atoms. The molecule has 2 aromatic carbocycles. The van der Waals surface area contributed by atoms with Crippen LogP contribution in [0.1, 0.15) is 37.8 Å². The van der Waals surface area contributed by atoms with Crippen LogP contribution in [-0.2, 0) is 9.09 Å². The second-order valence-electron chi connectivity index (χ2n) is 6.45. The molecular formula is C20H27O4P. The SMILES string of the molecule is CCCC(C)COP(=O)(Oc1ccc(C)cc1)Oc1ccc(C)cc1. The fraction of sp³-hybridized carbons (Fsp3) is 0.400. The summed E-state index contributed by atoms with van der Waals surface area (Å²) in [7, 11) is -3.77. The number of hydrogen-bond donors (Lipinski definition) is 0. The van der Waals surface area contributed by atoms with Gasteiger partial charge >= 0.3 is 7.82 Å². The van der Waals surface area contributed by atoms with E-state index in [1.165, 1.54) is 0 Å². The van der Waals surface area contributed by atoms with Crippen molar-refractivity contribution in [1.29, 1.82) is 0 Å². The van der Waals surface area contributed by atoms with Gasteiger partial charge < -0.3 is 9.05 Å². The van der Waals surface area contributed by atoms with E-state index in [4.69, 9.17) is 13.6 Å². The first-order valence-electron chi connectivity index (χ1n) is 8.67. The van der Waals surface area contributed by atoms with Gasteiger partial charge in [0.1, 0.15) is 11.5 Å². The third-order valence-corrected chi connectivity index (χ3v) is 5.11. The van der Waals surface area contributed by atoms with Gasteiger partial charge in [-0.2, -0.15) is 0 Å². The number of aryl methyl sites for hydroxylation is 2. The Balaban J connectivity index is 2.15. The van der Waals surface area contributed by atoms with Crippen molar-refractivity contribution in [3.63, 3.8) is 0 Å². The molecule has 4 nitrogen and oxygen atoms in total. The minimum atomic E-state index is -3.77. The standard InChI is InChI=1S/C20H27O4P/c1-5-6-18(4)15-22-25(21,23-19-11-7-16(2)8-12-19)24-20-13-9-17(3)10-14-20/h7-14,18H,5-6,15H2,1-4H3. The summed E-state index contributed by atoms with van der Waals surface area (Å²) >= 11 is 0. The molecule has 2 aromatic rings. The Bertz CT molecular complexity index is 643. The van der Waals surface area contributed by atoms with Gasteiger partial charge in [0.05, 0.1) is 6.61 Å². The molecule has 0 saturated carbocycles. The van der Waals surface area contributed by atoms with Gasteiger partial charge in [-0.25, -0.2) is 4.57 Å². The Morgan fingerprint density at radius 1 is 0.880 bits per heavy atom. The van der Waals surface area contributed by atoms with E-state index < -0.39 is 7.82 Å². The first-order valence-corrected chi connectivity index (χ1v) is 10.1. The van der Waals surface area contributed by atoms with Crippen molar-refractivity contribution in [2.45, 2.75) is 40.5 Å². The largest absolute Gasteiger partial charge is 0.587 e. The molecule has 0 aromatic heterocycles. The van der Waals surface area contributed by atoms with Gasteiger partial charge in [-0.3, -0.25) is 4.52 Å². The Kier molecular flexibility index (Phi) is 7.10. The van der Waals surface area contributed by atoms with Crippen LogP contribution >= 0.6 is 7.82 Å². The van der Waals surface area contributed by atoms with Gasteiger partial charge in [-0.1, -0.05) is 55.7 Å². The molecule has 0 aliphatic rings. The van der Waals surface area contributed by atoms with Gasteiger partial charge in [-0.15, -0.1) is 0 Å². The van der Waals surface area contributed by atoms with Crippen molar-refractivity contribution >= 4 is 7.82 Å². The molecule has 0 fully saturated rings. The van der Waals surface area contributed by atoms with Crippen molar-refractivity contribution < 1.29 is 18.1 Å². The number of phosphoric ester groups is 1. The summed E-state index contributed by atoms with van der Waals surface area (Å²) in [6.07, 6.45) is 2.04. The quantitative estimate of drug-likeness (QED) is 0.490. The van der Waals surface area contributed by atoms with Gasteiger partial charge in [0, 0.05) is 0 Å². The fourth-order valence-electron chi connectivity index (χ4n) is 2.32. The lowest BCUT2D eigenvalue weighted by molar-refractivity contribution is 0.179. The van der Waals surface area contributed by atoms with E-state index in [2.05, 4.69) is 13.8 Å². The van der Waals surface area contributed by atoms with Gasteiger partial charge in [0.15, 0.2) is 0 Å². The zero-order valence-corrected chi connectivity index (χ0v) is 16.3. The number of hydrogen-bond acceptors (Lipinski definition) is 4. The van der Waals surface area contributed by atoms with Gasteiger partial charge in [-0.05, 0) is 50.5 Å². The summed E-state index contributed by atoms with van der Waals surface area (Å²) < 4.78 is 30.0. The molecule has 0 saturated heterocycles. The highest BCUT2D eigenvalue weighted by Crippen LogP contribution is 2.50. The molecule has 0 aliphatic heterocycles. The average molecular weight is 362 g/mol. The molecule has 0 heterocycles. The molecule has 5 heteroatoms. The molecular weight excluding hydrogens is 335 g/mol. The predicted octanol–water partition coefficient (Wildman–Crippen LogP) is 6.32. The van der Waals surface area contributed by atoms with E-state index >= 15 is 0 Å². The predicted molar refractivity (Wildman–Crippen MR) is 101 cm³/mol. The Hall–Kier alpha value is -1.77. The van der Waals surface area contributed by atoms with Crippen LogP contribution in [0.15, 0.2) is 48.5 Å². The summed E-state index contributed by atoms with van der Waals surface area (Å²) in [5.41, 5.74) is 2.19. The van der Waals surface area contributed by atoms with Crippen LogP contribution in [0.25, 0.3) is 0 Å². The summed E-state index contributed by atoms with van der Waals surface area (Å²) in [4.78, 5) is 0. The molecule has 2 rings (SSSR count). The second-order valence-corrected chi connectivity index (χ2v) is 7.96. The molecule has 136 valence electrons. The topological polar surface area (TPSA) is 44.8 Å². The maximum atomic E-state index is 13.2. The molecule has 1 unspecified atom stereocenters. The van der Waals surface area contributed by atoms with Crippen LogP contribution in [0.5, 0.6) is 11.5 Å². The first-order chi connectivity index (χ1) is 11.9. The molecule has 0 amide bonds. The van der Waals surface area contributed by atoms with Crippen LogP contribution < -0.4 is 9.05 Å². The lowest BCUT2D eigenvalue weighted by atomic mass is 10.1. The zero-order chi connectivity index (χ0) is 18.3. The van der Waals surface area contributed by atoms with E-state index in [0.717, 1.165) is 24.0 Å². The maximum absolute atomic E-state index is 13.2. The molecule has 0 spiro atoms. The monoisotopic (exact) mass is 362 g/mol. The minimum absolute atomic E-state index is 0.279. The number of benzene rings is 2. The summed E-state index contributed by atoms with van der Waals surface area (Å²) in [5.74, 6) is 1.20. The molecule has 0 radical (unpaired) electrons. The van der Waals surface area contributed by atoms with E-state index in [1.807, 2.05) is 38.1 Å². The van der Waals surface area contributed by atoms with Crippen molar-refractivity contribution in [2.75, 3.05) is 6.61 Å². The van der Waals surface area contributed by atoms with Crippen molar-refractivity contribution in [2.24, 2.45) is 5.92 Å². The number of rotatable bonds is 9. The van der Waals surface area contributed by atoms with Gasteiger partial charge in [0.25, 0.3) is 0 Å². The van der Waals surface area contributed by atoms with Crippen LogP contribution in [0, 0.1) is 19.8 Å². The Labute approximate surface area is 150 Å². The first kappa shape index (κ1) is 19.6. The third-order valence-electron chi connectivity index (χ3n) is 3.78. The van der Waals surface area contributed by atoms with Crippen LogP contribution in [0.2, 0.25) is 0 Å². The lowest BCUT2D eigenvalue weighted by Gasteiger charge is -2.21. The molecule has 1 atom stereocenters. The fourth-order valence-corrected chi connectivity index (χ4v) is 3.66. The average Bonchev–Trinajstić information content (AvgIpc) is 2.58. The lowest BCUT2D eigenvalue weighted by Crippen LogP contribution is -2.10. The van der Waals surface area contributed by atoms with Crippen molar-refractivity contribution in [3.05, 3.63) is 59.7 Å². The summed E-state index contributed by atoms with van der Waals surface area (Å²) in [5, 5.41) is 0. The molecule has 0 N–H and O–H groups in total. The normalized spacial score (nSPS) is 12.6. The van der Waals surface area contributed by atoms with E-state index in [-0.39, 0.29) is 5.92 Å². The third kappa shape index (κ3) is 6.56. The highest BCUT2D eigenvalue weighted by molar-refractivity contribution is 7.49. The smallest absolute Gasteiger partial charge is 0.395 e. The highest BCUT2D eigenvalue weighted by atomic mass is 31.2. The second kappa shape index (κ2) is 9.07. The minimum Gasteiger partial charge on any atom is -0.395 e. The number of phosphoric acid groups is 1. The zero-order valence-electron chi connectivity index (χ0n) is 15.4. The summed E-state index contributed by atoms with van der Waals surface area (Å²) in [6, 6.07) is 14.6. The van der Waals surface area contributed by atoms with E-state index in [0.29, 0.717) is 18.1 Å². The Morgan fingerprint density at radius 2 is 1.32 bits per heavy atom. The summed E-state index contributed by atoms with van der Waals surface area (Å²) in [6.45, 7) is 8.46. The Morgan fingerprint density at radius 3 is 1.72 bits per heavy atom. The van der Waals surface area contributed by atoms with Crippen molar-refractivity contribution in [1.82, 2.24) is 0 Å².